The Labute approximate surface area is 122 Å². The average molecular weight is 284 g/mol. The summed E-state index contributed by atoms with van der Waals surface area (Å²) in [5.41, 5.74) is 13.6. The van der Waals surface area contributed by atoms with Gasteiger partial charge in [0.2, 0.25) is 5.91 Å². The number of hydrogen-bond acceptors (Lipinski definition) is 4. The zero-order chi connectivity index (χ0) is 15.4. The lowest BCUT2D eigenvalue weighted by Gasteiger charge is -2.10. The molecule has 0 aliphatic carbocycles. The van der Waals surface area contributed by atoms with Crippen molar-refractivity contribution in [2.45, 2.75) is 13.5 Å². The van der Waals surface area contributed by atoms with E-state index in [4.69, 9.17) is 16.2 Å². The van der Waals surface area contributed by atoms with Crippen molar-refractivity contribution in [3.8, 4) is 0 Å². The molecule has 0 unspecified atom stereocenters. The van der Waals surface area contributed by atoms with E-state index in [0.29, 0.717) is 22.4 Å². The maximum absolute atomic E-state index is 12.1. The minimum Gasteiger partial charge on any atom is -0.457 e. The lowest BCUT2D eigenvalue weighted by molar-refractivity contribution is 0.0473. The smallest absolute Gasteiger partial charge is 0.340 e. The number of hydrogen-bond donors (Lipinski definition) is 2. The largest absolute Gasteiger partial charge is 0.457 e. The van der Waals surface area contributed by atoms with E-state index >= 15 is 0 Å². The first-order chi connectivity index (χ1) is 9.99. The van der Waals surface area contributed by atoms with Gasteiger partial charge in [-0.15, -0.1) is 0 Å². The maximum Gasteiger partial charge on any atom is 0.340 e. The Morgan fingerprint density at radius 2 is 1.86 bits per heavy atom. The van der Waals surface area contributed by atoms with Crippen LogP contribution in [0.15, 0.2) is 42.5 Å². The molecule has 0 radical (unpaired) electrons. The number of amides is 1. The summed E-state index contributed by atoms with van der Waals surface area (Å²) in [7, 11) is 0. The topological polar surface area (TPSA) is 95.4 Å². The van der Waals surface area contributed by atoms with Crippen LogP contribution in [0.4, 0.5) is 5.69 Å². The van der Waals surface area contributed by atoms with Gasteiger partial charge in [0, 0.05) is 11.3 Å². The van der Waals surface area contributed by atoms with Crippen LogP contribution in [0.5, 0.6) is 0 Å². The standard InChI is InChI=1S/C16H16N2O3/c1-10-4-2-7-13(17)14(10)16(20)21-9-11-5-3-6-12(8-11)15(18)19/h2-8H,9,17H2,1H3,(H2,18,19). The van der Waals surface area contributed by atoms with Gasteiger partial charge in [0.05, 0.1) is 5.56 Å². The second-order valence-corrected chi connectivity index (χ2v) is 4.68. The lowest BCUT2D eigenvalue weighted by Crippen LogP contribution is -2.12. The van der Waals surface area contributed by atoms with Gasteiger partial charge < -0.3 is 16.2 Å². The first-order valence-corrected chi connectivity index (χ1v) is 6.40. The quantitative estimate of drug-likeness (QED) is 0.663. The zero-order valence-electron chi connectivity index (χ0n) is 11.6. The van der Waals surface area contributed by atoms with Crippen LogP contribution in [-0.2, 0) is 11.3 Å². The lowest BCUT2D eigenvalue weighted by atomic mass is 10.1. The van der Waals surface area contributed by atoms with Crippen molar-refractivity contribution in [2.75, 3.05) is 5.73 Å². The molecule has 2 aromatic carbocycles. The Bertz CT molecular complexity index is 675. The zero-order valence-corrected chi connectivity index (χ0v) is 11.6. The summed E-state index contributed by atoms with van der Waals surface area (Å²) in [6.45, 7) is 1.84. The molecule has 0 bridgehead atoms. The third-order valence-corrected chi connectivity index (χ3v) is 3.09. The number of nitrogens with two attached hydrogens (primary N) is 2. The van der Waals surface area contributed by atoms with Gasteiger partial charge in [-0.25, -0.2) is 4.79 Å². The fraction of sp³-hybridized carbons (Fsp3) is 0.125. The van der Waals surface area contributed by atoms with Gasteiger partial charge in [0.15, 0.2) is 0 Å². The molecule has 0 aromatic heterocycles. The van der Waals surface area contributed by atoms with Crippen LogP contribution < -0.4 is 11.5 Å². The molecular weight excluding hydrogens is 268 g/mol. The highest BCUT2D eigenvalue weighted by atomic mass is 16.5. The Balaban J connectivity index is 2.11. The number of anilines is 1. The summed E-state index contributed by atoms with van der Waals surface area (Å²) in [5.74, 6) is -1.01. The Kier molecular flexibility index (Phi) is 4.23. The second-order valence-electron chi connectivity index (χ2n) is 4.68. The van der Waals surface area contributed by atoms with E-state index in [1.54, 1.807) is 49.4 Å². The number of nitrogen functional groups attached to an aromatic ring is 1. The van der Waals surface area contributed by atoms with Crippen molar-refractivity contribution in [3.05, 3.63) is 64.7 Å². The molecule has 4 N–H and O–H groups in total. The number of carbonyl (C=O) groups excluding carboxylic acids is 2. The molecule has 21 heavy (non-hydrogen) atoms. The van der Waals surface area contributed by atoms with Gasteiger partial charge in [0.25, 0.3) is 0 Å². The molecule has 2 rings (SSSR count). The van der Waals surface area contributed by atoms with E-state index in [9.17, 15) is 9.59 Å². The molecule has 5 heteroatoms. The Morgan fingerprint density at radius 3 is 2.52 bits per heavy atom. The summed E-state index contributed by atoms with van der Waals surface area (Å²) in [5, 5.41) is 0. The van der Waals surface area contributed by atoms with E-state index in [1.165, 1.54) is 0 Å². The van der Waals surface area contributed by atoms with Crippen LogP contribution in [0.1, 0.15) is 31.8 Å². The Hall–Kier alpha value is -2.82. The van der Waals surface area contributed by atoms with E-state index < -0.39 is 11.9 Å². The van der Waals surface area contributed by atoms with Crippen molar-refractivity contribution in [1.29, 1.82) is 0 Å². The van der Waals surface area contributed by atoms with E-state index in [1.807, 2.05) is 0 Å². The van der Waals surface area contributed by atoms with Crippen LogP contribution in [0.3, 0.4) is 0 Å². The fourth-order valence-corrected chi connectivity index (χ4v) is 2.00. The van der Waals surface area contributed by atoms with Crippen LogP contribution >= 0.6 is 0 Å². The molecular formula is C16H16N2O3. The van der Waals surface area contributed by atoms with Crippen molar-refractivity contribution in [2.24, 2.45) is 5.73 Å². The molecule has 0 atom stereocenters. The number of rotatable bonds is 4. The third kappa shape index (κ3) is 3.39. The predicted octanol–water partition coefficient (Wildman–Crippen LogP) is 2.03. The molecule has 2 aromatic rings. The summed E-state index contributed by atoms with van der Waals surface area (Å²) >= 11 is 0. The summed E-state index contributed by atoms with van der Waals surface area (Å²) < 4.78 is 5.24. The van der Waals surface area contributed by atoms with Crippen LogP contribution in [-0.4, -0.2) is 11.9 Å². The minimum atomic E-state index is -0.522. The molecule has 0 saturated carbocycles. The van der Waals surface area contributed by atoms with Crippen LogP contribution in [0.25, 0.3) is 0 Å². The highest BCUT2D eigenvalue weighted by Crippen LogP contribution is 2.18. The van der Waals surface area contributed by atoms with Gasteiger partial charge in [-0.3, -0.25) is 4.79 Å². The molecule has 108 valence electrons. The molecule has 5 nitrogen and oxygen atoms in total. The van der Waals surface area contributed by atoms with Crippen molar-refractivity contribution in [3.63, 3.8) is 0 Å². The number of primary amides is 1. The Morgan fingerprint density at radius 1 is 1.14 bits per heavy atom. The monoisotopic (exact) mass is 284 g/mol. The number of esters is 1. The molecule has 0 spiro atoms. The van der Waals surface area contributed by atoms with E-state index in [2.05, 4.69) is 0 Å². The molecule has 0 saturated heterocycles. The summed E-state index contributed by atoms with van der Waals surface area (Å²) in [4.78, 5) is 23.2. The van der Waals surface area contributed by atoms with Gasteiger partial charge >= 0.3 is 5.97 Å². The van der Waals surface area contributed by atoms with E-state index in [0.717, 1.165) is 5.56 Å². The molecule has 1 amide bonds. The molecule has 0 aliphatic heterocycles. The SMILES string of the molecule is Cc1cccc(N)c1C(=O)OCc1cccc(C(N)=O)c1. The molecule has 0 aliphatic rings. The highest BCUT2D eigenvalue weighted by Gasteiger charge is 2.14. The van der Waals surface area contributed by atoms with Gasteiger partial charge in [-0.1, -0.05) is 24.3 Å². The highest BCUT2D eigenvalue weighted by molar-refractivity contribution is 5.96. The van der Waals surface area contributed by atoms with Crippen molar-refractivity contribution >= 4 is 17.6 Å². The average Bonchev–Trinajstić information content (AvgIpc) is 2.45. The summed E-state index contributed by atoms with van der Waals surface area (Å²) in [6.07, 6.45) is 0. The molecule has 0 fully saturated rings. The number of carbonyl (C=O) groups is 2. The normalized spacial score (nSPS) is 10.1. The summed E-state index contributed by atoms with van der Waals surface area (Å²) in [6, 6.07) is 11.9. The second kappa shape index (κ2) is 6.09. The number of ether oxygens (including phenoxy) is 1. The van der Waals surface area contributed by atoms with Crippen LogP contribution in [0, 0.1) is 6.92 Å². The van der Waals surface area contributed by atoms with Gasteiger partial charge in [0.1, 0.15) is 6.61 Å². The molecule has 0 heterocycles. The van der Waals surface area contributed by atoms with Gasteiger partial charge in [-0.2, -0.15) is 0 Å². The van der Waals surface area contributed by atoms with Gasteiger partial charge in [-0.05, 0) is 36.2 Å². The first kappa shape index (κ1) is 14.6. The minimum absolute atomic E-state index is 0.0493. The maximum atomic E-state index is 12.1. The van der Waals surface area contributed by atoms with Crippen molar-refractivity contribution < 1.29 is 14.3 Å². The third-order valence-electron chi connectivity index (χ3n) is 3.09. The van der Waals surface area contributed by atoms with E-state index in [-0.39, 0.29) is 6.61 Å². The number of aryl methyl sites for hydroxylation is 1. The fourth-order valence-electron chi connectivity index (χ4n) is 2.00. The number of benzene rings is 2. The van der Waals surface area contributed by atoms with Crippen molar-refractivity contribution in [1.82, 2.24) is 0 Å². The first-order valence-electron chi connectivity index (χ1n) is 6.40. The van der Waals surface area contributed by atoms with Crippen LogP contribution in [0.2, 0.25) is 0 Å². The predicted molar refractivity (Wildman–Crippen MR) is 79.7 cm³/mol.